The van der Waals surface area contributed by atoms with Crippen LogP contribution in [-0.4, -0.2) is 39.4 Å². The lowest BCUT2D eigenvalue weighted by atomic mass is 10.1. The Balaban J connectivity index is 1.75. The molecule has 112 valence electrons. The molecular weight excluding hydrogens is 290 g/mol. The van der Waals surface area contributed by atoms with E-state index in [-0.39, 0.29) is 12.1 Å². The highest BCUT2D eigenvalue weighted by atomic mass is 35.5. The molecule has 1 fully saturated rings. The zero-order valence-corrected chi connectivity index (χ0v) is 12.6. The molecule has 0 spiro atoms. The van der Waals surface area contributed by atoms with Crippen molar-refractivity contribution in [2.75, 3.05) is 13.1 Å². The van der Waals surface area contributed by atoms with E-state index in [0.29, 0.717) is 16.8 Å². The summed E-state index contributed by atoms with van der Waals surface area (Å²) < 4.78 is 5.78. The summed E-state index contributed by atoms with van der Waals surface area (Å²) in [7, 11) is 0. The van der Waals surface area contributed by atoms with E-state index in [9.17, 15) is 5.11 Å². The lowest BCUT2D eigenvalue weighted by Crippen LogP contribution is -2.37. The van der Waals surface area contributed by atoms with E-state index >= 15 is 0 Å². The first-order valence-corrected chi connectivity index (χ1v) is 7.53. The predicted molar refractivity (Wildman–Crippen MR) is 80.0 cm³/mol. The van der Waals surface area contributed by atoms with Crippen molar-refractivity contribution in [1.82, 2.24) is 15.1 Å². The van der Waals surface area contributed by atoms with Gasteiger partial charge in [-0.05, 0) is 38.0 Å². The summed E-state index contributed by atoms with van der Waals surface area (Å²) in [6.45, 7) is 3.74. The zero-order chi connectivity index (χ0) is 14.8. The fraction of sp³-hybridized carbons (Fsp3) is 0.467. The van der Waals surface area contributed by atoms with Crippen molar-refractivity contribution in [3.8, 4) is 11.5 Å². The van der Waals surface area contributed by atoms with Crippen LogP contribution in [0.4, 0.5) is 0 Å². The first kappa shape index (κ1) is 14.5. The summed E-state index contributed by atoms with van der Waals surface area (Å²) in [5.41, 5.74) is 0.822. The van der Waals surface area contributed by atoms with Gasteiger partial charge < -0.3 is 9.52 Å². The summed E-state index contributed by atoms with van der Waals surface area (Å²) in [5, 5.41) is 18.5. The highest BCUT2D eigenvalue weighted by molar-refractivity contribution is 6.30. The number of aliphatic hydroxyl groups is 1. The van der Waals surface area contributed by atoms with Gasteiger partial charge in [-0.25, -0.2) is 0 Å². The molecule has 1 aliphatic rings. The quantitative estimate of drug-likeness (QED) is 0.944. The molecule has 1 N–H and O–H groups in total. The topological polar surface area (TPSA) is 62.4 Å². The van der Waals surface area contributed by atoms with Crippen LogP contribution in [-0.2, 0) is 0 Å². The fourth-order valence-corrected chi connectivity index (χ4v) is 2.76. The van der Waals surface area contributed by atoms with E-state index in [1.807, 2.05) is 25.1 Å². The molecule has 0 bridgehead atoms. The zero-order valence-electron chi connectivity index (χ0n) is 11.9. The lowest BCUT2D eigenvalue weighted by molar-refractivity contribution is 0.0582. The molecule has 0 radical (unpaired) electrons. The molecule has 1 unspecified atom stereocenters. The smallest absolute Gasteiger partial charge is 0.247 e. The Hall–Kier alpha value is -1.43. The maximum Gasteiger partial charge on any atom is 0.247 e. The van der Waals surface area contributed by atoms with E-state index in [1.165, 1.54) is 0 Å². The van der Waals surface area contributed by atoms with Crippen LogP contribution in [0.3, 0.4) is 0 Å². The molecule has 5 nitrogen and oxygen atoms in total. The van der Waals surface area contributed by atoms with Crippen molar-refractivity contribution in [2.45, 2.75) is 31.9 Å². The van der Waals surface area contributed by atoms with Crippen molar-refractivity contribution >= 4 is 11.6 Å². The molecule has 1 atom stereocenters. The van der Waals surface area contributed by atoms with Gasteiger partial charge in [0.05, 0.1) is 12.1 Å². The van der Waals surface area contributed by atoms with E-state index in [4.69, 9.17) is 16.0 Å². The molecule has 1 aliphatic heterocycles. The molecule has 0 saturated carbocycles. The first-order valence-electron chi connectivity index (χ1n) is 7.15. The average molecular weight is 308 g/mol. The Kier molecular flexibility index (Phi) is 4.24. The molecule has 3 rings (SSSR count). The summed E-state index contributed by atoms with van der Waals surface area (Å²) in [6.07, 6.45) is 1.40. The van der Waals surface area contributed by atoms with E-state index in [0.717, 1.165) is 31.5 Å². The third-order valence-electron chi connectivity index (χ3n) is 3.92. The van der Waals surface area contributed by atoms with Crippen LogP contribution in [0.25, 0.3) is 11.5 Å². The minimum Gasteiger partial charge on any atom is -0.419 e. The van der Waals surface area contributed by atoms with Crippen molar-refractivity contribution in [3.63, 3.8) is 0 Å². The largest absolute Gasteiger partial charge is 0.419 e. The fourth-order valence-electron chi connectivity index (χ4n) is 2.57. The summed E-state index contributed by atoms with van der Waals surface area (Å²) in [6, 6.07) is 7.42. The van der Waals surface area contributed by atoms with E-state index in [1.54, 1.807) is 6.07 Å². The van der Waals surface area contributed by atoms with Crippen LogP contribution in [0, 0.1) is 0 Å². The molecule has 0 amide bonds. The Morgan fingerprint density at radius 1 is 1.33 bits per heavy atom. The van der Waals surface area contributed by atoms with Gasteiger partial charge in [-0.2, -0.15) is 0 Å². The van der Waals surface area contributed by atoms with E-state index in [2.05, 4.69) is 15.1 Å². The van der Waals surface area contributed by atoms with Crippen molar-refractivity contribution < 1.29 is 9.52 Å². The molecule has 2 aromatic rings. The van der Waals surface area contributed by atoms with Crippen molar-refractivity contribution in [3.05, 3.63) is 35.2 Å². The SMILES string of the molecule is CC(c1nnc(-c2cccc(Cl)c2)o1)N1CCC(O)CC1. The van der Waals surface area contributed by atoms with Crippen LogP contribution in [0.1, 0.15) is 31.7 Å². The van der Waals surface area contributed by atoms with Crippen LogP contribution in [0.2, 0.25) is 5.02 Å². The minimum absolute atomic E-state index is 0.0536. The molecule has 1 aromatic heterocycles. The van der Waals surface area contributed by atoms with Gasteiger partial charge in [0, 0.05) is 23.7 Å². The van der Waals surface area contributed by atoms with Crippen molar-refractivity contribution in [2.24, 2.45) is 0 Å². The Morgan fingerprint density at radius 2 is 2.10 bits per heavy atom. The third-order valence-corrected chi connectivity index (χ3v) is 4.15. The number of nitrogens with zero attached hydrogens (tertiary/aromatic N) is 3. The number of halogens is 1. The number of hydrogen-bond acceptors (Lipinski definition) is 5. The summed E-state index contributed by atoms with van der Waals surface area (Å²) in [4.78, 5) is 2.25. The Morgan fingerprint density at radius 3 is 2.81 bits per heavy atom. The van der Waals surface area contributed by atoms with Crippen molar-refractivity contribution in [1.29, 1.82) is 0 Å². The number of hydrogen-bond donors (Lipinski definition) is 1. The monoisotopic (exact) mass is 307 g/mol. The predicted octanol–water partition coefficient (Wildman–Crippen LogP) is 2.91. The molecule has 2 heterocycles. The van der Waals surface area contributed by atoms with Gasteiger partial charge in [0.25, 0.3) is 0 Å². The highest BCUT2D eigenvalue weighted by Crippen LogP contribution is 2.27. The van der Waals surface area contributed by atoms with Gasteiger partial charge in [0.15, 0.2) is 0 Å². The highest BCUT2D eigenvalue weighted by Gasteiger charge is 2.25. The van der Waals surface area contributed by atoms with Crippen LogP contribution in [0.15, 0.2) is 28.7 Å². The number of benzene rings is 1. The van der Waals surface area contributed by atoms with E-state index < -0.39 is 0 Å². The molecule has 21 heavy (non-hydrogen) atoms. The van der Waals surface area contributed by atoms with Gasteiger partial charge in [0.2, 0.25) is 11.8 Å². The Labute approximate surface area is 128 Å². The van der Waals surface area contributed by atoms with Gasteiger partial charge >= 0.3 is 0 Å². The Bertz CT molecular complexity index is 608. The van der Waals surface area contributed by atoms with Gasteiger partial charge in [-0.1, -0.05) is 17.7 Å². The van der Waals surface area contributed by atoms with Crippen LogP contribution in [0.5, 0.6) is 0 Å². The second-order valence-corrected chi connectivity index (χ2v) is 5.84. The molecule has 1 aromatic carbocycles. The molecule has 1 saturated heterocycles. The second-order valence-electron chi connectivity index (χ2n) is 5.40. The molecular formula is C15H18ClN3O2. The number of rotatable bonds is 3. The number of aliphatic hydroxyl groups excluding tert-OH is 1. The number of aromatic nitrogens is 2. The van der Waals surface area contributed by atoms with Crippen LogP contribution < -0.4 is 0 Å². The van der Waals surface area contributed by atoms with Gasteiger partial charge in [-0.3, -0.25) is 4.90 Å². The second kappa shape index (κ2) is 6.13. The number of likely N-dealkylation sites (tertiary alicyclic amines) is 1. The molecule has 0 aliphatic carbocycles. The lowest BCUT2D eigenvalue weighted by Gasteiger charge is -2.32. The maximum absolute atomic E-state index is 9.57. The normalized spacial score (nSPS) is 18.8. The summed E-state index contributed by atoms with van der Waals surface area (Å²) in [5.74, 6) is 1.08. The summed E-state index contributed by atoms with van der Waals surface area (Å²) >= 11 is 5.98. The van der Waals surface area contributed by atoms with Gasteiger partial charge in [-0.15, -0.1) is 10.2 Å². The van der Waals surface area contributed by atoms with Gasteiger partial charge in [0.1, 0.15) is 0 Å². The first-order chi connectivity index (χ1) is 10.1. The average Bonchev–Trinajstić information content (AvgIpc) is 2.97. The standard InChI is InChI=1S/C15H18ClN3O2/c1-10(19-7-5-13(20)6-8-19)14-17-18-15(21-14)11-3-2-4-12(16)9-11/h2-4,9-10,13,20H,5-8H2,1H3. The van der Waals surface area contributed by atoms with Crippen LogP contribution >= 0.6 is 11.6 Å². The maximum atomic E-state index is 9.57. The third kappa shape index (κ3) is 3.26. The minimum atomic E-state index is -0.182. The molecule has 6 heteroatoms. The number of piperidine rings is 1.